The highest BCUT2D eigenvalue weighted by atomic mass is 79.9. The lowest BCUT2D eigenvalue weighted by Crippen LogP contribution is -2.31. The molecule has 0 unspecified atom stereocenters. The van der Waals surface area contributed by atoms with E-state index in [0.29, 0.717) is 17.8 Å². The number of halogens is 1. The van der Waals surface area contributed by atoms with Crippen molar-refractivity contribution >= 4 is 27.5 Å². The molecule has 0 atom stereocenters. The van der Waals surface area contributed by atoms with E-state index in [1.165, 1.54) is 0 Å². The van der Waals surface area contributed by atoms with E-state index in [-0.39, 0.29) is 5.91 Å². The Kier molecular flexibility index (Phi) is 6.26. The SMILES string of the molecule is C=CC=CCN(C(=O)c1cn(C)nc1C)c1ccccc1-c1ccc(Br)cc1. The topological polar surface area (TPSA) is 38.1 Å². The van der Waals surface area contributed by atoms with E-state index in [1.54, 1.807) is 21.9 Å². The fourth-order valence-corrected chi connectivity index (χ4v) is 3.36. The highest BCUT2D eigenvalue weighted by Crippen LogP contribution is 2.32. The lowest BCUT2D eigenvalue weighted by atomic mass is 10.0. The van der Waals surface area contributed by atoms with Crippen LogP contribution in [-0.4, -0.2) is 22.2 Å². The second-order valence-corrected chi connectivity index (χ2v) is 7.32. The molecule has 0 spiro atoms. The minimum Gasteiger partial charge on any atom is -0.304 e. The molecule has 5 heteroatoms. The van der Waals surface area contributed by atoms with Crippen LogP contribution in [0.2, 0.25) is 0 Å². The fourth-order valence-electron chi connectivity index (χ4n) is 3.09. The molecule has 0 saturated carbocycles. The number of aromatic nitrogens is 2. The third kappa shape index (κ3) is 4.31. The Bertz CT molecular complexity index is 1020. The van der Waals surface area contributed by atoms with E-state index >= 15 is 0 Å². The van der Waals surface area contributed by atoms with Crippen LogP contribution >= 0.6 is 15.9 Å². The number of amides is 1. The van der Waals surface area contributed by atoms with Gasteiger partial charge >= 0.3 is 0 Å². The molecule has 1 heterocycles. The number of carbonyl (C=O) groups excluding carboxylic acids is 1. The zero-order chi connectivity index (χ0) is 20.1. The molecule has 0 bridgehead atoms. The Morgan fingerprint density at radius 2 is 1.93 bits per heavy atom. The van der Waals surface area contributed by atoms with Gasteiger partial charge < -0.3 is 4.90 Å². The van der Waals surface area contributed by atoms with Crippen LogP contribution < -0.4 is 4.90 Å². The van der Waals surface area contributed by atoms with Crippen LogP contribution in [0.25, 0.3) is 11.1 Å². The largest absolute Gasteiger partial charge is 0.304 e. The number of anilines is 1. The van der Waals surface area contributed by atoms with Gasteiger partial charge in [-0.1, -0.05) is 71.1 Å². The Balaban J connectivity index is 2.09. The maximum Gasteiger partial charge on any atom is 0.262 e. The van der Waals surface area contributed by atoms with E-state index in [4.69, 9.17) is 0 Å². The molecule has 0 aliphatic rings. The molecule has 0 aliphatic heterocycles. The summed E-state index contributed by atoms with van der Waals surface area (Å²) in [6, 6.07) is 16.0. The summed E-state index contributed by atoms with van der Waals surface area (Å²) in [6.45, 7) is 6.01. The standard InChI is InChI=1S/C23H22BrN3O/c1-4-5-8-15-27(23(28)21-16-26(3)25-17(21)2)22-10-7-6-9-20(22)18-11-13-19(24)14-12-18/h4-14,16H,1,15H2,2-3H3. The number of nitrogens with zero attached hydrogens (tertiary/aromatic N) is 3. The summed E-state index contributed by atoms with van der Waals surface area (Å²) in [7, 11) is 1.82. The van der Waals surface area contributed by atoms with Gasteiger partial charge in [0.15, 0.2) is 0 Å². The summed E-state index contributed by atoms with van der Waals surface area (Å²) in [5.41, 5.74) is 4.21. The van der Waals surface area contributed by atoms with Crippen molar-refractivity contribution in [2.45, 2.75) is 6.92 Å². The van der Waals surface area contributed by atoms with Crippen molar-refractivity contribution in [1.29, 1.82) is 0 Å². The zero-order valence-electron chi connectivity index (χ0n) is 16.0. The summed E-state index contributed by atoms with van der Waals surface area (Å²) in [5.74, 6) is -0.0797. The zero-order valence-corrected chi connectivity index (χ0v) is 17.6. The maximum atomic E-state index is 13.4. The van der Waals surface area contributed by atoms with Gasteiger partial charge in [-0.3, -0.25) is 9.48 Å². The number of carbonyl (C=O) groups is 1. The lowest BCUT2D eigenvalue weighted by molar-refractivity contribution is 0.0989. The highest BCUT2D eigenvalue weighted by molar-refractivity contribution is 9.10. The summed E-state index contributed by atoms with van der Waals surface area (Å²) in [5, 5.41) is 4.32. The fraction of sp³-hybridized carbons (Fsp3) is 0.130. The van der Waals surface area contributed by atoms with Crippen LogP contribution in [0.4, 0.5) is 5.69 Å². The van der Waals surface area contributed by atoms with Gasteiger partial charge in [0.2, 0.25) is 0 Å². The average molecular weight is 436 g/mol. The first kappa shape index (κ1) is 19.8. The van der Waals surface area contributed by atoms with Crippen LogP contribution in [0.5, 0.6) is 0 Å². The quantitative estimate of drug-likeness (QED) is 0.476. The molecular weight excluding hydrogens is 414 g/mol. The molecule has 142 valence electrons. The number of hydrogen-bond donors (Lipinski definition) is 0. The molecule has 2 aromatic carbocycles. The molecule has 3 rings (SSSR count). The first-order valence-electron chi connectivity index (χ1n) is 8.96. The monoisotopic (exact) mass is 435 g/mol. The third-order valence-corrected chi connectivity index (χ3v) is 4.93. The number of benzene rings is 2. The molecule has 28 heavy (non-hydrogen) atoms. The van der Waals surface area contributed by atoms with Crippen molar-refractivity contribution in [2.75, 3.05) is 11.4 Å². The van der Waals surface area contributed by atoms with Gasteiger partial charge in [0.05, 0.1) is 16.9 Å². The minimum atomic E-state index is -0.0797. The molecule has 0 fully saturated rings. The molecule has 0 aliphatic carbocycles. The minimum absolute atomic E-state index is 0.0797. The first-order chi connectivity index (χ1) is 13.5. The lowest BCUT2D eigenvalue weighted by Gasteiger charge is -2.24. The second kappa shape index (κ2) is 8.85. The van der Waals surface area contributed by atoms with Gasteiger partial charge in [-0.25, -0.2) is 0 Å². The predicted molar refractivity (Wildman–Crippen MR) is 119 cm³/mol. The summed E-state index contributed by atoms with van der Waals surface area (Å²) >= 11 is 3.48. The summed E-state index contributed by atoms with van der Waals surface area (Å²) < 4.78 is 2.68. The molecule has 1 amide bonds. The van der Waals surface area contributed by atoms with E-state index in [9.17, 15) is 4.79 Å². The predicted octanol–water partition coefficient (Wildman–Crippen LogP) is 5.55. The smallest absolute Gasteiger partial charge is 0.262 e. The number of allylic oxidation sites excluding steroid dienone is 2. The number of rotatable bonds is 6. The Morgan fingerprint density at radius 1 is 1.21 bits per heavy atom. The Hall–Kier alpha value is -2.92. The highest BCUT2D eigenvalue weighted by Gasteiger charge is 2.23. The van der Waals surface area contributed by atoms with Crippen molar-refractivity contribution in [3.63, 3.8) is 0 Å². The van der Waals surface area contributed by atoms with Crippen LogP contribution in [0.3, 0.4) is 0 Å². The molecule has 3 aromatic rings. The molecule has 0 radical (unpaired) electrons. The van der Waals surface area contributed by atoms with Crippen molar-refractivity contribution in [1.82, 2.24) is 9.78 Å². The molecule has 4 nitrogen and oxygen atoms in total. The molecule has 1 aromatic heterocycles. The van der Waals surface area contributed by atoms with Crippen molar-refractivity contribution in [2.24, 2.45) is 7.05 Å². The normalized spacial score (nSPS) is 11.0. The van der Waals surface area contributed by atoms with Crippen LogP contribution in [0, 0.1) is 6.92 Å². The Morgan fingerprint density at radius 3 is 2.57 bits per heavy atom. The molecule has 0 saturated heterocycles. The van der Waals surface area contributed by atoms with Gasteiger partial charge in [-0.05, 0) is 30.7 Å². The van der Waals surface area contributed by atoms with E-state index in [0.717, 1.165) is 21.3 Å². The Labute approximate surface area is 173 Å². The van der Waals surface area contributed by atoms with Crippen LogP contribution in [-0.2, 0) is 7.05 Å². The second-order valence-electron chi connectivity index (χ2n) is 6.41. The number of aryl methyl sites for hydroxylation is 2. The average Bonchev–Trinajstić information content (AvgIpc) is 3.04. The number of hydrogen-bond acceptors (Lipinski definition) is 2. The van der Waals surface area contributed by atoms with Gasteiger partial charge in [0.1, 0.15) is 0 Å². The van der Waals surface area contributed by atoms with E-state index < -0.39 is 0 Å². The van der Waals surface area contributed by atoms with Gasteiger partial charge in [-0.2, -0.15) is 5.10 Å². The van der Waals surface area contributed by atoms with Crippen molar-refractivity contribution in [3.05, 3.63) is 95.3 Å². The summed E-state index contributed by atoms with van der Waals surface area (Å²) in [6.07, 6.45) is 7.25. The van der Waals surface area contributed by atoms with Crippen molar-refractivity contribution < 1.29 is 4.79 Å². The van der Waals surface area contributed by atoms with E-state index in [1.807, 2.05) is 74.7 Å². The summed E-state index contributed by atoms with van der Waals surface area (Å²) in [4.78, 5) is 15.2. The van der Waals surface area contributed by atoms with Crippen molar-refractivity contribution in [3.8, 4) is 11.1 Å². The molecule has 0 N–H and O–H groups in total. The van der Waals surface area contributed by atoms with E-state index in [2.05, 4.69) is 27.6 Å². The van der Waals surface area contributed by atoms with Gasteiger partial charge in [-0.15, -0.1) is 0 Å². The maximum absolute atomic E-state index is 13.4. The van der Waals surface area contributed by atoms with Gasteiger partial charge in [0, 0.05) is 29.8 Å². The first-order valence-corrected chi connectivity index (χ1v) is 9.75. The molecular formula is C23H22BrN3O. The van der Waals surface area contributed by atoms with Crippen LogP contribution in [0.1, 0.15) is 16.1 Å². The number of para-hydroxylation sites is 1. The van der Waals surface area contributed by atoms with Crippen LogP contribution in [0.15, 0.2) is 84.0 Å². The third-order valence-electron chi connectivity index (χ3n) is 4.40. The van der Waals surface area contributed by atoms with Gasteiger partial charge in [0.25, 0.3) is 5.91 Å².